The summed E-state index contributed by atoms with van der Waals surface area (Å²) in [6.45, 7) is 1.89. The quantitative estimate of drug-likeness (QED) is 0.720. The van der Waals surface area contributed by atoms with Crippen LogP contribution in [0.15, 0.2) is 36.4 Å². The van der Waals surface area contributed by atoms with Gasteiger partial charge in [-0.2, -0.15) is 5.10 Å². The van der Waals surface area contributed by atoms with Gasteiger partial charge >= 0.3 is 0 Å². The summed E-state index contributed by atoms with van der Waals surface area (Å²) in [5, 5.41) is 8.28. The zero-order valence-corrected chi connectivity index (χ0v) is 10.1. The number of pyridine rings is 1. The van der Waals surface area contributed by atoms with E-state index in [0.717, 1.165) is 28.8 Å². The van der Waals surface area contributed by atoms with Gasteiger partial charge in [0.2, 0.25) is 0 Å². The molecule has 3 aromatic rings. The highest BCUT2D eigenvalue weighted by atomic mass is 15.1. The molecule has 2 heterocycles. The average Bonchev–Trinajstić information content (AvgIpc) is 2.74. The first-order valence-corrected chi connectivity index (χ1v) is 5.88. The van der Waals surface area contributed by atoms with Crippen molar-refractivity contribution in [2.24, 2.45) is 0 Å². The van der Waals surface area contributed by atoms with Crippen LogP contribution in [-0.2, 0) is 6.42 Å². The van der Waals surface area contributed by atoms with Crippen LogP contribution < -0.4 is 5.73 Å². The van der Waals surface area contributed by atoms with Gasteiger partial charge in [0.15, 0.2) is 5.65 Å². The van der Waals surface area contributed by atoms with Crippen LogP contribution in [-0.4, -0.2) is 15.2 Å². The molecule has 90 valence electrons. The lowest BCUT2D eigenvalue weighted by molar-refractivity contribution is 1.00. The number of H-pyrrole nitrogens is 1. The summed E-state index contributed by atoms with van der Waals surface area (Å²) in [6.07, 6.45) is 0.807. The summed E-state index contributed by atoms with van der Waals surface area (Å²) < 4.78 is 0. The number of nitrogen functional groups attached to an aromatic ring is 1. The first-order valence-electron chi connectivity index (χ1n) is 5.88. The first-order chi connectivity index (χ1) is 8.74. The molecule has 0 saturated heterocycles. The maximum Gasteiger partial charge on any atom is 0.181 e. The van der Waals surface area contributed by atoms with Crippen LogP contribution in [0.4, 0.5) is 5.69 Å². The number of hydrogen-bond acceptors (Lipinski definition) is 3. The highest BCUT2D eigenvalue weighted by Crippen LogP contribution is 2.21. The predicted octanol–water partition coefficient (Wildman–Crippen LogP) is 2.44. The van der Waals surface area contributed by atoms with Crippen LogP contribution in [0.2, 0.25) is 0 Å². The van der Waals surface area contributed by atoms with Crippen molar-refractivity contribution in [1.29, 1.82) is 0 Å². The Morgan fingerprint density at radius 2 is 2.00 bits per heavy atom. The van der Waals surface area contributed by atoms with Crippen LogP contribution in [0.3, 0.4) is 0 Å². The van der Waals surface area contributed by atoms with E-state index in [1.165, 1.54) is 5.56 Å². The molecule has 0 radical (unpaired) electrons. The SMILES string of the molecule is Cc1nc2n[nH]c(Cc3ccccc3)c2cc1N. The topological polar surface area (TPSA) is 67.6 Å². The summed E-state index contributed by atoms with van der Waals surface area (Å²) in [7, 11) is 0. The molecule has 0 aliphatic rings. The van der Waals surface area contributed by atoms with Gasteiger partial charge in [0.25, 0.3) is 0 Å². The molecule has 0 atom stereocenters. The second-order valence-corrected chi connectivity index (χ2v) is 4.40. The molecule has 2 aromatic heterocycles. The maximum absolute atomic E-state index is 5.90. The van der Waals surface area contributed by atoms with E-state index < -0.39 is 0 Å². The zero-order chi connectivity index (χ0) is 12.5. The number of rotatable bonds is 2. The molecule has 0 unspecified atom stereocenters. The number of aromatic nitrogens is 3. The van der Waals surface area contributed by atoms with Gasteiger partial charge in [0, 0.05) is 17.5 Å². The van der Waals surface area contributed by atoms with Crippen molar-refractivity contribution < 1.29 is 0 Å². The molecule has 0 aliphatic heterocycles. The number of nitrogens with one attached hydrogen (secondary N) is 1. The average molecular weight is 238 g/mol. The van der Waals surface area contributed by atoms with Crippen molar-refractivity contribution in [2.75, 3.05) is 5.73 Å². The Morgan fingerprint density at radius 1 is 1.22 bits per heavy atom. The fourth-order valence-corrected chi connectivity index (χ4v) is 2.03. The molecule has 3 rings (SSSR count). The molecular formula is C14H14N4. The number of hydrogen-bond donors (Lipinski definition) is 2. The van der Waals surface area contributed by atoms with Gasteiger partial charge < -0.3 is 5.73 Å². The fourth-order valence-electron chi connectivity index (χ4n) is 2.03. The van der Waals surface area contributed by atoms with Gasteiger partial charge in [-0.15, -0.1) is 0 Å². The maximum atomic E-state index is 5.90. The Labute approximate surface area is 105 Å². The molecule has 0 amide bonds. The van der Waals surface area contributed by atoms with Gasteiger partial charge in [-0.3, -0.25) is 5.10 Å². The van der Waals surface area contributed by atoms with Crippen molar-refractivity contribution >= 4 is 16.7 Å². The third-order valence-corrected chi connectivity index (χ3v) is 3.08. The van der Waals surface area contributed by atoms with Crippen molar-refractivity contribution in [1.82, 2.24) is 15.2 Å². The number of nitrogens with two attached hydrogens (primary N) is 1. The lowest BCUT2D eigenvalue weighted by Gasteiger charge is -2.01. The second kappa shape index (κ2) is 4.14. The number of benzene rings is 1. The third-order valence-electron chi connectivity index (χ3n) is 3.08. The molecule has 1 aromatic carbocycles. The summed E-state index contributed by atoms with van der Waals surface area (Å²) in [5.41, 5.74) is 10.4. The summed E-state index contributed by atoms with van der Waals surface area (Å²) in [5.74, 6) is 0. The van der Waals surface area contributed by atoms with E-state index in [-0.39, 0.29) is 0 Å². The van der Waals surface area contributed by atoms with Gasteiger partial charge in [-0.1, -0.05) is 30.3 Å². The van der Waals surface area contributed by atoms with E-state index in [9.17, 15) is 0 Å². The third kappa shape index (κ3) is 1.82. The molecule has 0 fully saturated rings. The molecule has 3 N–H and O–H groups in total. The van der Waals surface area contributed by atoms with Crippen molar-refractivity contribution in [2.45, 2.75) is 13.3 Å². The van der Waals surface area contributed by atoms with E-state index >= 15 is 0 Å². The predicted molar refractivity (Wildman–Crippen MR) is 72.3 cm³/mol. The molecule has 4 heteroatoms. The minimum absolute atomic E-state index is 0.707. The summed E-state index contributed by atoms with van der Waals surface area (Å²) in [6, 6.07) is 12.2. The van der Waals surface area contributed by atoms with Gasteiger partial charge in [-0.25, -0.2) is 4.98 Å². The van der Waals surface area contributed by atoms with Crippen molar-refractivity contribution in [3.05, 3.63) is 53.3 Å². The first kappa shape index (κ1) is 10.8. The Kier molecular flexibility index (Phi) is 2.48. The number of aromatic amines is 1. The van der Waals surface area contributed by atoms with E-state index in [0.29, 0.717) is 5.69 Å². The van der Waals surface area contributed by atoms with Crippen LogP contribution in [0.1, 0.15) is 17.0 Å². The number of aryl methyl sites for hydroxylation is 1. The van der Waals surface area contributed by atoms with Gasteiger partial charge in [-0.05, 0) is 18.6 Å². The van der Waals surface area contributed by atoms with Crippen molar-refractivity contribution in [3.8, 4) is 0 Å². The Hall–Kier alpha value is -2.36. The van der Waals surface area contributed by atoms with Crippen LogP contribution >= 0.6 is 0 Å². The second-order valence-electron chi connectivity index (χ2n) is 4.40. The largest absolute Gasteiger partial charge is 0.397 e. The number of fused-ring (bicyclic) bond motifs is 1. The highest BCUT2D eigenvalue weighted by molar-refractivity contribution is 5.81. The summed E-state index contributed by atoms with van der Waals surface area (Å²) >= 11 is 0. The zero-order valence-electron chi connectivity index (χ0n) is 10.1. The van der Waals surface area contributed by atoms with Crippen molar-refractivity contribution in [3.63, 3.8) is 0 Å². The van der Waals surface area contributed by atoms with E-state index in [2.05, 4.69) is 27.3 Å². The highest BCUT2D eigenvalue weighted by Gasteiger charge is 2.09. The minimum Gasteiger partial charge on any atom is -0.397 e. The molecule has 0 aliphatic carbocycles. The summed E-state index contributed by atoms with van der Waals surface area (Å²) in [4.78, 5) is 4.37. The van der Waals surface area contributed by atoms with E-state index in [1.807, 2.05) is 31.2 Å². The number of nitrogens with zero attached hydrogens (tertiary/aromatic N) is 2. The minimum atomic E-state index is 0.707. The van der Waals surface area contributed by atoms with E-state index in [1.54, 1.807) is 0 Å². The molecule has 0 bridgehead atoms. The normalized spacial score (nSPS) is 10.9. The Morgan fingerprint density at radius 3 is 2.78 bits per heavy atom. The fraction of sp³-hybridized carbons (Fsp3) is 0.143. The van der Waals surface area contributed by atoms with E-state index in [4.69, 9.17) is 5.73 Å². The standard InChI is InChI=1S/C14H14N4/c1-9-12(15)8-11-13(17-18-14(11)16-9)7-10-5-3-2-4-6-10/h2-6,8H,7,15H2,1H3,(H,16,17,18). The lowest BCUT2D eigenvalue weighted by Crippen LogP contribution is -1.94. The smallest absolute Gasteiger partial charge is 0.181 e. The lowest BCUT2D eigenvalue weighted by atomic mass is 10.1. The molecule has 4 nitrogen and oxygen atoms in total. The molecular weight excluding hydrogens is 224 g/mol. The molecule has 18 heavy (non-hydrogen) atoms. The van der Waals surface area contributed by atoms with Crippen LogP contribution in [0.25, 0.3) is 11.0 Å². The Balaban J connectivity index is 2.05. The molecule has 0 saturated carbocycles. The molecule has 0 spiro atoms. The number of anilines is 1. The van der Waals surface area contributed by atoms with Gasteiger partial charge in [0.1, 0.15) is 0 Å². The monoisotopic (exact) mass is 238 g/mol. The Bertz CT molecular complexity index is 686. The van der Waals surface area contributed by atoms with Crippen LogP contribution in [0, 0.1) is 6.92 Å². The van der Waals surface area contributed by atoms with Crippen LogP contribution in [0.5, 0.6) is 0 Å². The van der Waals surface area contributed by atoms with Gasteiger partial charge in [0.05, 0.1) is 11.4 Å².